The van der Waals surface area contributed by atoms with Gasteiger partial charge in [0.1, 0.15) is 10.5 Å². The standard InChI is InChI=1S/C10H16O5S2/c1-13-5-4-6-16-7(9(11)14-2)8(17-6)10(12)15-3/h6-8H,4-5H2,1-3H3. The summed E-state index contributed by atoms with van der Waals surface area (Å²) in [6.07, 6.45) is 0.785. The molecule has 0 bridgehead atoms. The fraction of sp³-hybridized carbons (Fsp3) is 0.800. The zero-order valence-electron chi connectivity index (χ0n) is 10.0. The lowest BCUT2D eigenvalue weighted by atomic mass is 10.3. The summed E-state index contributed by atoms with van der Waals surface area (Å²) < 4.78 is 14.5. The van der Waals surface area contributed by atoms with E-state index >= 15 is 0 Å². The highest BCUT2D eigenvalue weighted by Gasteiger charge is 2.45. The second-order valence-electron chi connectivity index (χ2n) is 3.37. The van der Waals surface area contributed by atoms with E-state index < -0.39 is 10.5 Å². The van der Waals surface area contributed by atoms with E-state index in [1.807, 2.05) is 0 Å². The molecule has 1 heterocycles. The minimum atomic E-state index is -0.487. The van der Waals surface area contributed by atoms with Crippen molar-refractivity contribution in [3.8, 4) is 0 Å². The van der Waals surface area contributed by atoms with E-state index in [0.717, 1.165) is 6.42 Å². The summed E-state index contributed by atoms with van der Waals surface area (Å²) in [7, 11) is 4.27. The van der Waals surface area contributed by atoms with Crippen LogP contribution in [0.2, 0.25) is 0 Å². The summed E-state index contributed by atoms with van der Waals surface area (Å²) in [6, 6.07) is 0. The number of carbonyl (C=O) groups excluding carboxylic acids is 2. The molecule has 1 fully saturated rings. The van der Waals surface area contributed by atoms with Crippen LogP contribution in [0.5, 0.6) is 0 Å². The van der Waals surface area contributed by atoms with E-state index in [1.54, 1.807) is 7.11 Å². The number of hydrogen-bond donors (Lipinski definition) is 0. The number of carbonyl (C=O) groups is 2. The highest BCUT2D eigenvalue weighted by atomic mass is 32.2. The average Bonchev–Trinajstić information content (AvgIpc) is 2.78. The van der Waals surface area contributed by atoms with E-state index in [4.69, 9.17) is 14.2 Å². The molecular weight excluding hydrogens is 264 g/mol. The van der Waals surface area contributed by atoms with Gasteiger partial charge >= 0.3 is 11.9 Å². The topological polar surface area (TPSA) is 61.8 Å². The molecule has 0 aliphatic carbocycles. The van der Waals surface area contributed by atoms with Gasteiger partial charge in [0.05, 0.1) is 18.8 Å². The summed E-state index contributed by atoms with van der Waals surface area (Å²) in [5, 5.41) is -0.974. The highest BCUT2D eigenvalue weighted by Crippen LogP contribution is 2.46. The third-order valence-corrected chi connectivity index (χ3v) is 5.73. The summed E-state index contributed by atoms with van der Waals surface area (Å²) in [5.41, 5.74) is 0. The minimum absolute atomic E-state index is 0.156. The van der Waals surface area contributed by atoms with Crippen LogP contribution in [0.4, 0.5) is 0 Å². The highest BCUT2D eigenvalue weighted by molar-refractivity contribution is 8.21. The molecule has 0 radical (unpaired) electrons. The average molecular weight is 280 g/mol. The van der Waals surface area contributed by atoms with Gasteiger partial charge in [-0.25, -0.2) is 0 Å². The van der Waals surface area contributed by atoms with Gasteiger partial charge in [0.25, 0.3) is 0 Å². The van der Waals surface area contributed by atoms with Gasteiger partial charge in [-0.15, -0.1) is 23.5 Å². The lowest BCUT2D eigenvalue weighted by Gasteiger charge is -2.12. The first-order valence-electron chi connectivity index (χ1n) is 5.09. The van der Waals surface area contributed by atoms with Crippen LogP contribution in [0.15, 0.2) is 0 Å². The molecule has 7 heteroatoms. The third-order valence-electron chi connectivity index (χ3n) is 2.30. The van der Waals surface area contributed by atoms with Gasteiger partial charge < -0.3 is 14.2 Å². The van der Waals surface area contributed by atoms with Crippen molar-refractivity contribution in [2.75, 3.05) is 27.9 Å². The van der Waals surface area contributed by atoms with Crippen molar-refractivity contribution in [1.82, 2.24) is 0 Å². The number of methoxy groups -OCH3 is 3. The third kappa shape index (κ3) is 3.79. The first-order valence-corrected chi connectivity index (χ1v) is 6.98. The van der Waals surface area contributed by atoms with Crippen LogP contribution < -0.4 is 0 Å². The molecule has 0 N–H and O–H groups in total. The largest absolute Gasteiger partial charge is 0.468 e. The fourth-order valence-electron chi connectivity index (χ4n) is 1.44. The molecule has 0 amide bonds. The Hall–Kier alpha value is -0.400. The molecule has 0 saturated carbocycles. The van der Waals surface area contributed by atoms with Gasteiger partial charge in [0.15, 0.2) is 0 Å². The number of ether oxygens (including phenoxy) is 3. The molecule has 2 unspecified atom stereocenters. The van der Waals surface area contributed by atoms with Gasteiger partial charge in [0, 0.05) is 13.7 Å². The van der Waals surface area contributed by atoms with E-state index in [9.17, 15) is 9.59 Å². The molecule has 1 aliphatic rings. The van der Waals surface area contributed by atoms with Crippen molar-refractivity contribution in [2.24, 2.45) is 0 Å². The van der Waals surface area contributed by atoms with Gasteiger partial charge in [0.2, 0.25) is 0 Å². The first-order chi connectivity index (χ1) is 8.13. The van der Waals surface area contributed by atoms with Crippen LogP contribution in [0.3, 0.4) is 0 Å². The molecule has 0 aromatic carbocycles. The molecule has 2 atom stereocenters. The predicted molar refractivity (Wildman–Crippen MR) is 67.1 cm³/mol. The van der Waals surface area contributed by atoms with Gasteiger partial charge in [-0.05, 0) is 6.42 Å². The lowest BCUT2D eigenvalue weighted by molar-refractivity contribution is -0.145. The van der Waals surface area contributed by atoms with Crippen LogP contribution in [-0.4, -0.2) is 55.0 Å². The Bertz CT molecular complexity index is 260. The Labute approximate surface area is 109 Å². The number of hydrogen-bond acceptors (Lipinski definition) is 7. The summed E-state index contributed by atoms with van der Waals surface area (Å²) in [6.45, 7) is 0.604. The molecule has 0 aromatic rings. The summed E-state index contributed by atoms with van der Waals surface area (Å²) >= 11 is 2.89. The van der Waals surface area contributed by atoms with E-state index in [0.29, 0.717) is 6.61 Å². The Morgan fingerprint density at radius 1 is 1.00 bits per heavy atom. The molecule has 1 saturated heterocycles. The monoisotopic (exact) mass is 280 g/mol. The molecular formula is C10H16O5S2. The first kappa shape index (κ1) is 14.7. The minimum Gasteiger partial charge on any atom is -0.468 e. The van der Waals surface area contributed by atoms with Crippen LogP contribution in [-0.2, 0) is 23.8 Å². The quantitative estimate of drug-likeness (QED) is 0.694. The predicted octanol–water partition coefficient (Wildman–Crippen LogP) is 0.912. The second kappa shape index (κ2) is 7.13. The molecule has 0 spiro atoms. The van der Waals surface area contributed by atoms with E-state index in [1.165, 1.54) is 37.7 Å². The van der Waals surface area contributed by atoms with E-state index in [2.05, 4.69) is 0 Å². The van der Waals surface area contributed by atoms with Crippen LogP contribution in [0.1, 0.15) is 6.42 Å². The Morgan fingerprint density at radius 2 is 1.47 bits per heavy atom. The molecule has 5 nitrogen and oxygen atoms in total. The Kier molecular flexibility index (Phi) is 6.15. The number of rotatable bonds is 5. The summed E-state index contributed by atoms with van der Waals surface area (Å²) in [5.74, 6) is -0.754. The molecule has 1 aliphatic heterocycles. The van der Waals surface area contributed by atoms with Crippen LogP contribution >= 0.6 is 23.5 Å². The Balaban J connectivity index is 2.65. The number of esters is 2. The lowest BCUT2D eigenvalue weighted by Crippen LogP contribution is -2.33. The van der Waals surface area contributed by atoms with Crippen molar-refractivity contribution < 1.29 is 23.8 Å². The van der Waals surface area contributed by atoms with Crippen molar-refractivity contribution >= 4 is 35.5 Å². The van der Waals surface area contributed by atoms with Crippen LogP contribution in [0, 0.1) is 0 Å². The molecule has 17 heavy (non-hydrogen) atoms. The maximum Gasteiger partial charge on any atom is 0.320 e. The van der Waals surface area contributed by atoms with Crippen molar-refractivity contribution in [2.45, 2.75) is 21.5 Å². The Morgan fingerprint density at radius 3 is 1.82 bits per heavy atom. The number of thioether (sulfide) groups is 2. The zero-order valence-corrected chi connectivity index (χ0v) is 11.6. The second-order valence-corrected chi connectivity index (χ2v) is 6.37. The fourth-order valence-corrected chi connectivity index (χ4v) is 4.84. The van der Waals surface area contributed by atoms with E-state index in [-0.39, 0.29) is 16.5 Å². The molecule has 1 rings (SSSR count). The van der Waals surface area contributed by atoms with Gasteiger partial charge in [-0.3, -0.25) is 9.59 Å². The maximum atomic E-state index is 11.6. The molecule has 98 valence electrons. The van der Waals surface area contributed by atoms with Crippen LogP contribution in [0.25, 0.3) is 0 Å². The van der Waals surface area contributed by atoms with Crippen molar-refractivity contribution in [1.29, 1.82) is 0 Å². The zero-order chi connectivity index (χ0) is 12.8. The van der Waals surface area contributed by atoms with Crippen molar-refractivity contribution in [3.63, 3.8) is 0 Å². The smallest absolute Gasteiger partial charge is 0.320 e. The van der Waals surface area contributed by atoms with Gasteiger partial charge in [-0.2, -0.15) is 0 Å². The normalized spacial score (nSPS) is 27.8. The van der Waals surface area contributed by atoms with Crippen molar-refractivity contribution in [3.05, 3.63) is 0 Å². The molecule has 0 aromatic heterocycles. The van der Waals surface area contributed by atoms with Gasteiger partial charge in [-0.1, -0.05) is 0 Å². The maximum absolute atomic E-state index is 11.6. The SMILES string of the molecule is COCCC1SC(C(=O)OC)C(C(=O)OC)S1. The summed E-state index contributed by atoms with van der Waals surface area (Å²) in [4.78, 5) is 23.1.